The molecule has 0 aliphatic heterocycles. The van der Waals surface area contributed by atoms with Gasteiger partial charge in [-0.2, -0.15) is 13.2 Å². The van der Waals surface area contributed by atoms with Gasteiger partial charge in [-0.25, -0.2) is 0 Å². The summed E-state index contributed by atoms with van der Waals surface area (Å²) >= 11 is 5.66. The van der Waals surface area contributed by atoms with E-state index in [-0.39, 0.29) is 10.9 Å². The minimum atomic E-state index is -4.33. The molecule has 0 aromatic heterocycles. The van der Waals surface area contributed by atoms with Crippen LogP contribution in [0, 0.1) is 0 Å². The van der Waals surface area contributed by atoms with E-state index in [9.17, 15) is 13.2 Å². The summed E-state index contributed by atoms with van der Waals surface area (Å²) in [4.78, 5) is 0. The molecule has 4 heteroatoms. The number of hydrogen-bond donors (Lipinski definition) is 0. The summed E-state index contributed by atoms with van der Waals surface area (Å²) in [7, 11) is 0. The molecule has 1 aromatic rings. The molecule has 15 heavy (non-hydrogen) atoms. The van der Waals surface area contributed by atoms with E-state index < -0.39 is 11.7 Å². The smallest absolute Gasteiger partial charge is 0.166 e. The predicted molar refractivity (Wildman–Crippen MR) is 55.2 cm³/mol. The molecule has 0 amide bonds. The van der Waals surface area contributed by atoms with Crippen molar-refractivity contribution in [1.82, 2.24) is 0 Å². The molecule has 0 unspecified atom stereocenters. The number of hydrogen-bond acceptors (Lipinski definition) is 0. The zero-order valence-corrected chi connectivity index (χ0v) is 9.28. The number of benzene rings is 1. The van der Waals surface area contributed by atoms with Gasteiger partial charge >= 0.3 is 6.18 Å². The van der Waals surface area contributed by atoms with Crippen molar-refractivity contribution >= 4 is 11.6 Å². The predicted octanol–water partition coefficient (Wildman–Crippen LogP) is 4.87. The summed E-state index contributed by atoms with van der Waals surface area (Å²) in [6.07, 6.45) is -3.54. The van der Waals surface area contributed by atoms with E-state index in [0.29, 0.717) is 5.56 Å². The molecule has 84 valence electrons. The molecule has 0 N–H and O–H groups in total. The second kappa shape index (κ2) is 4.44. The molecule has 0 saturated carbocycles. The van der Waals surface area contributed by atoms with Gasteiger partial charge in [0.05, 0.1) is 5.56 Å². The Kier molecular flexibility index (Phi) is 3.66. The zero-order chi connectivity index (χ0) is 11.6. The van der Waals surface area contributed by atoms with Gasteiger partial charge in [-0.3, -0.25) is 0 Å². The molecule has 1 atom stereocenters. The van der Waals surface area contributed by atoms with Gasteiger partial charge in [0.15, 0.2) is 0 Å². The van der Waals surface area contributed by atoms with Crippen LogP contribution in [-0.4, -0.2) is 0 Å². The Bertz CT molecular complexity index is 344. The Balaban J connectivity index is 3.17. The molecule has 0 radical (unpaired) electrons. The number of halogens is 4. The fourth-order valence-corrected chi connectivity index (χ4v) is 1.54. The second-order valence-electron chi connectivity index (χ2n) is 3.58. The standard InChI is InChI=1S/C11H12ClF3/c1-3-7(2)8-4-9(11(13,14)15)6-10(12)5-8/h4-7H,3H2,1-2H3/t7-/m1/s1. The van der Waals surface area contributed by atoms with Gasteiger partial charge in [0, 0.05) is 5.02 Å². The van der Waals surface area contributed by atoms with E-state index in [2.05, 4.69) is 0 Å². The molecule has 1 aromatic carbocycles. The van der Waals surface area contributed by atoms with Gasteiger partial charge in [0.2, 0.25) is 0 Å². The molecular weight excluding hydrogens is 225 g/mol. The quantitative estimate of drug-likeness (QED) is 0.687. The van der Waals surface area contributed by atoms with Crippen LogP contribution in [0.1, 0.15) is 37.3 Å². The summed E-state index contributed by atoms with van der Waals surface area (Å²) in [5.74, 6) is 0.0878. The van der Waals surface area contributed by atoms with Crippen LogP contribution in [-0.2, 0) is 6.18 Å². The van der Waals surface area contributed by atoms with E-state index in [4.69, 9.17) is 11.6 Å². The van der Waals surface area contributed by atoms with Crippen molar-refractivity contribution in [3.63, 3.8) is 0 Å². The molecular formula is C11H12ClF3. The van der Waals surface area contributed by atoms with E-state index >= 15 is 0 Å². The molecule has 0 nitrogen and oxygen atoms in total. The van der Waals surface area contributed by atoms with Crippen LogP contribution in [0.15, 0.2) is 18.2 Å². The van der Waals surface area contributed by atoms with Crippen LogP contribution >= 0.6 is 11.6 Å². The fraction of sp³-hybridized carbons (Fsp3) is 0.455. The Hall–Kier alpha value is -0.700. The van der Waals surface area contributed by atoms with E-state index in [1.807, 2.05) is 13.8 Å². The molecule has 0 fully saturated rings. The van der Waals surface area contributed by atoms with Gasteiger partial charge < -0.3 is 0 Å². The first-order valence-electron chi connectivity index (χ1n) is 4.72. The maximum Gasteiger partial charge on any atom is 0.416 e. The Morgan fingerprint density at radius 2 is 1.87 bits per heavy atom. The van der Waals surface area contributed by atoms with E-state index in [1.165, 1.54) is 6.07 Å². The van der Waals surface area contributed by atoms with Gasteiger partial charge in [0.25, 0.3) is 0 Å². The lowest BCUT2D eigenvalue weighted by Gasteiger charge is -2.13. The highest BCUT2D eigenvalue weighted by atomic mass is 35.5. The summed E-state index contributed by atoms with van der Waals surface area (Å²) in [5.41, 5.74) is -0.0392. The topological polar surface area (TPSA) is 0 Å². The molecule has 1 rings (SSSR count). The SMILES string of the molecule is CC[C@@H](C)c1cc(Cl)cc(C(F)(F)F)c1. The third-order valence-corrected chi connectivity index (χ3v) is 2.65. The molecule has 0 aliphatic carbocycles. The second-order valence-corrected chi connectivity index (χ2v) is 4.02. The van der Waals surface area contributed by atoms with Crippen molar-refractivity contribution in [2.75, 3.05) is 0 Å². The van der Waals surface area contributed by atoms with Crippen LogP contribution in [0.5, 0.6) is 0 Å². The average molecular weight is 237 g/mol. The van der Waals surface area contributed by atoms with Crippen LogP contribution in [0.25, 0.3) is 0 Å². The largest absolute Gasteiger partial charge is 0.416 e. The Morgan fingerprint density at radius 1 is 1.27 bits per heavy atom. The normalized spacial score (nSPS) is 14.0. The molecule has 0 aliphatic rings. The highest BCUT2D eigenvalue weighted by molar-refractivity contribution is 6.30. The molecule has 0 heterocycles. The third-order valence-electron chi connectivity index (χ3n) is 2.43. The molecule has 0 spiro atoms. The van der Waals surface area contributed by atoms with Crippen molar-refractivity contribution in [2.24, 2.45) is 0 Å². The minimum absolute atomic E-state index is 0.0878. The minimum Gasteiger partial charge on any atom is -0.166 e. The van der Waals surface area contributed by atoms with Crippen molar-refractivity contribution in [2.45, 2.75) is 32.4 Å². The lowest BCUT2D eigenvalue weighted by atomic mass is 9.97. The summed E-state index contributed by atoms with van der Waals surface area (Å²) in [5, 5.41) is 0.139. The fourth-order valence-electron chi connectivity index (χ4n) is 1.30. The number of rotatable bonds is 2. The van der Waals surface area contributed by atoms with Crippen LogP contribution in [0.4, 0.5) is 13.2 Å². The van der Waals surface area contributed by atoms with Crippen molar-refractivity contribution in [3.8, 4) is 0 Å². The van der Waals surface area contributed by atoms with Gasteiger partial charge in [0.1, 0.15) is 0 Å². The number of alkyl halides is 3. The molecule has 0 saturated heterocycles. The summed E-state index contributed by atoms with van der Waals surface area (Å²) in [6.45, 7) is 3.81. The van der Waals surface area contributed by atoms with Gasteiger partial charge in [-0.1, -0.05) is 25.4 Å². The summed E-state index contributed by atoms with van der Waals surface area (Å²) < 4.78 is 37.4. The molecule has 0 bridgehead atoms. The van der Waals surface area contributed by atoms with E-state index in [0.717, 1.165) is 12.5 Å². The van der Waals surface area contributed by atoms with Crippen molar-refractivity contribution in [1.29, 1.82) is 0 Å². The average Bonchev–Trinajstić information content (AvgIpc) is 2.14. The summed E-state index contributed by atoms with van der Waals surface area (Å²) in [6, 6.07) is 3.71. The van der Waals surface area contributed by atoms with Crippen LogP contribution in [0.2, 0.25) is 5.02 Å². The first-order valence-corrected chi connectivity index (χ1v) is 5.10. The van der Waals surface area contributed by atoms with Crippen molar-refractivity contribution < 1.29 is 13.2 Å². The maximum atomic E-state index is 12.5. The van der Waals surface area contributed by atoms with Crippen LogP contribution < -0.4 is 0 Å². The van der Waals surface area contributed by atoms with Crippen molar-refractivity contribution in [3.05, 3.63) is 34.3 Å². The lowest BCUT2D eigenvalue weighted by molar-refractivity contribution is -0.137. The van der Waals surface area contributed by atoms with Gasteiger partial charge in [-0.05, 0) is 36.1 Å². The maximum absolute atomic E-state index is 12.5. The zero-order valence-electron chi connectivity index (χ0n) is 8.53. The Labute approximate surface area is 92.1 Å². The third kappa shape index (κ3) is 3.13. The first-order chi connectivity index (χ1) is 6.84. The first kappa shape index (κ1) is 12.4. The van der Waals surface area contributed by atoms with E-state index in [1.54, 1.807) is 6.07 Å². The van der Waals surface area contributed by atoms with Gasteiger partial charge in [-0.15, -0.1) is 0 Å². The highest BCUT2D eigenvalue weighted by Gasteiger charge is 2.31. The van der Waals surface area contributed by atoms with Crippen LogP contribution in [0.3, 0.4) is 0 Å². The Morgan fingerprint density at radius 3 is 2.33 bits per heavy atom. The monoisotopic (exact) mass is 236 g/mol. The highest BCUT2D eigenvalue weighted by Crippen LogP contribution is 2.34. The lowest BCUT2D eigenvalue weighted by Crippen LogP contribution is -2.06.